The second-order valence-electron chi connectivity index (χ2n) is 8.74. The van der Waals surface area contributed by atoms with Gasteiger partial charge in [0.25, 0.3) is 0 Å². The fourth-order valence-electron chi connectivity index (χ4n) is 4.35. The Morgan fingerprint density at radius 2 is 1.71 bits per heavy atom. The first-order valence-corrected chi connectivity index (χ1v) is 12.1. The number of carbonyl (C=O) groups excluding carboxylic acids is 2. The van der Waals surface area contributed by atoms with Crippen molar-refractivity contribution in [2.24, 2.45) is 0 Å². The monoisotopic (exact) mass is 475 g/mol. The summed E-state index contributed by atoms with van der Waals surface area (Å²) in [6.45, 7) is 7.43. The summed E-state index contributed by atoms with van der Waals surface area (Å²) >= 11 is 0. The molecule has 1 aliphatic rings. The number of carbonyl (C=O) groups is 2. The van der Waals surface area contributed by atoms with Gasteiger partial charge in [-0.05, 0) is 66.6 Å². The van der Waals surface area contributed by atoms with E-state index in [-0.39, 0.29) is 24.3 Å². The fourth-order valence-corrected chi connectivity index (χ4v) is 4.35. The topological polar surface area (TPSA) is 71.1 Å². The zero-order valence-corrected chi connectivity index (χ0v) is 20.6. The number of nitrogens with one attached hydrogen (secondary N) is 1. The lowest BCUT2D eigenvalue weighted by Crippen LogP contribution is -2.40. The number of amides is 2. The van der Waals surface area contributed by atoms with E-state index in [0.717, 1.165) is 54.1 Å². The lowest BCUT2D eigenvalue weighted by Gasteiger charge is -2.29. The molecule has 0 aliphatic carbocycles. The van der Waals surface area contributed by atoms with Gasteiger partial charge in [0.15, 0.2) is 0 Å². The molecule has 3 aromatic carbocycles. The molecular formula is C28H33N3O4. The minimum absolute atomic E-state index is 0.00959. The van der Waals surface area contributed by atoms with E-state index < -0.39 is 0 Å². The molecule has 1 heterocycles. The number of methoxy groups -OCH3 is 1. The molecule has 184 valence electrons. The average molecular weight is 476 g/mol. The van der Waals surface area contributed by atoms with Crippen LogP contribution in [0.2, 0.25) is 0 Å². The Kier molecular flexibility index (Phi) is 7.87. The van der Waals surface area contributed by atoms with Crippen LogP contribution in [0.15, 0.2) is 60.7 Å². The van der Waals surface area contributed by atoms with Gasteiger partial charge in [-0.25, -0.2) is 0 Å². The first-order chi connectivity index (χ1) is 17.0. The molecule has 0 aromatic heterocycles. The van der Waals surface area contributed by atoms with Gasteiger partial charge in [0, 0.05) is 31.0 Å². The number of anilines is 2. The molecule has 0 radical (unpaired) electrons. The maximum Gasteiger partial charge on any atom is 0.243 e. The first-order valence-electron chi connectivity index (χ1n) is 12.1. The number of ether oxygens (including phenoxy) is 2. The van der Waals surface area contributed by atoms with Gasteiger partial charge in [0.05, 0.1) is 32.8 Å². The van der Waals surface area contributed by atoms with Crippen LogP contribution in [0, 0.1) is 0 Å². The molecule has 1 aliphatic heterocycles. The predicted molar refractivity (Wildman–Crippen MR) is 139 cm³/mol. The Hall–Kier alpha value is -3.58. The largest absolute Gasteiger partial charge is 0.497 e. The molecule has 0 bridgehead atoms. The van der Waals surface area contributed by atoms with Gasteiger partial charge in [-0.3, -0.25) is 9.59 Å². The molecule has 1 saturated heterocycles. The SMILES string of the molecule is CCN(CC(=O)Nc1ccc(N2CCOCC2)cc1)C(=O)[C@@H](C)c1ccc2cc(OC)ccc2c1. The number of likely N-dealkylation sites (N-methyl/N-ethyl adjacent to an activating group) is 1. The van der Waals surface area contributed by atoms with Crippen molar-refractivity contribution in [2.45, 2.75) is 19.8 Å². The lowest BCUT2D eigenvalue weighted by molar-refractivity contribution is -0.135. The van der Waals surface area contributed by atoms with Crippen molar-refractivity contribution in [3.8, 4) is 5.75 Å². The molecule has 0 unspecified atom stereocenters. The van der Waals surface area contributed by atoms with Crippen molar-refractivity contribution in [1.29, 1.82) is 0 Å². The molecule has 7 heteroatoms. The number of fused-ring (bicyclic) bond motifs is 1. The lowest BCUT2D eigenvalue weighted by atomic mass is 9.96. The predicted octanol–water partition coefficient (Wildman–Crippen LogP) is 4.28. The third-order valence-corrected chi connectivity index (χ3v) is 6.50. The molecule has 0 spiro atoms. The molecule has 7 nitrogen and oxygen atoms in total. The normalized spacial score (nSPS) is 14.4. The number of hydrogen-bond acceptors (Lipinski definition) is 5. The van der Waals surface area contributed by atoms with Crippen molar-refractivity contribution >= 4 is 34.0 Å². The van der Waals surface area contributed by atoms with E-state index in [4.69, 9.17) is 9.47 Å². The standard InChI is InChI=1S/C28H33N3O4/c1-4-30(19-27(32)29-24-8-10-25(11-9-24)31-13-15-35-16-14-31)28(33)20(2)21-5-6-23-18-26(34-3)12-7-22(23)17-21/h5-12,17-18,20H,4,13-16,19H2,1-3H3,(H,29,32)/t20-/m0/s1. The van der Waals surface area contributed by atoms with Crippen molar-refractivity contribution in [3.05, 3.63) is 66.2 Å². The molecule has 0 saturated carbocycles. The number of nitrogens with zero attached hydrogens (tertiary/aromatic N) is 2. The maximum absolute atomic E-state index is 13.2. The Morgan fingerprint density at radius 3 is 2.40 bits per heavy atom. The van der Waals surface area contributed by atoms with Crippen LogP contribution in [-0.4, -0.2) is 63.2 Å². The summed E-state index contributed by atoms with van der Waals surface area (Å²) in [4.78, 5) is 29.8. The van der Waals surface area contributed by atoms with Crippen LogP contribution in [0.5, 0.6) is 5.75 Å². The van der Waals surface area contributed by atoms with Crippen molar-refractivity contribution in [1.82, 2.24) is 4.90 Å². The minimum atomic E-state index is -0.359. The van der Waals surface area contributed by atoms with Gasteiger partial charge in [-0.2, -0.15) is 0 Å². The van der Waals surface area contributed by atoms with E-state index in [9.17, 15) is 9.59 Å². The third kappa shape index (κ3) is 5.92. The van der Waals surface area contributed by atoms with E-state index in [1.165, 1.54) is 0 Å². The maximum atomic E-state index is 13.2. The highest BCUT2D eigenvalue weighted by Gasteiger charge is 2.23. The van der Waals surface area contributed by atoms with Crippen LogP contribution in [0.1, 0.15) is 25.3 Å². The molecule has 3 aromatic rings. The Morgan fingerprint density at radius 1 is 1.03 bits per heavy atom. The quantitative estimate of drug-likeness (QED) is 0.527. The Balaban J connectivity index is 1.37. The second kappa shape index (κ2) is 11.2. The number of benzene rings is 3. The Bertz CT molecular complexity index is 1170. The summed E-state index contributed by atoms with van der Waals surface area (Å²) in [5, 5.41) is 5.02. The summed E-state index contributed by atoms with van der Waals surface area (Å²) < 4.78 is 10.7. The highest BCUT2D eigenvalue weighted by molar-refractivity contribution is 5.96. The van der Waals surface area contributed by atoms with E-state index in [1.54, 1.807) is 12.0 Å². The van der Waals surface area contributed by atoms with E-state index in [2.05, 4.69) is 10.2 Å². The highest BCUT2D eigenvalue weighted by Crippen LogP contribution is 2.26. The molecule has 35 heavy (non-hydrogen) atoms. The zero-order chi connectivity index (χ0) is 24.8. The van der Waals surface area contributed by atoms with Gasteiger partial charge >= 0.3 is 0 Å². The van der Waals surface area contributed by atoms with E-state index in [0.29, 0.717) is 12.2 Å². The van der Waals surface area contributed by atoms with Crippen LogP contribution < -0.4 is 15.0 Å². The van der Waals surface area contributed by atoms with Crippen molar-refractivity contribution in [2.75, 3.05) is 56.7 Å². The van der Waals surface area contributed by atoms with E-state index >= 15 is 0 Å². The van der Waals surface area contributed by atoms with Gasteiger partial charge in [-0.15, -0.1) is 0 Å². The van der Waals surface area contributed by atoms with Crippen LogP contribution in [-0.2, 0) is 14.3 Å². The summed E-state index contributed by atoms with van der Waals surface area (Å²) in [5.74, 6) is 0.158. The summed E-state index contributed by atoms with van der Waals surface area (Å²) in [7, 11) is 1.65. The van der Waals surface area contributed by atoms with Crippen molar-refractivity contribution in [3.63, 3.8) is 0 Å². The van der Waals surface area contributed by atoms with Crippen LogP contribution in [0.3, 0.4) is 0 Å². The summed E-state index contributed by atoms with van der Waals surface area (Å²) in [6.07, 6.45) is 0. The zero-order valence-electron chi connectivity index (χ0n) is 20.6. The summed E-state index contributed by atoms with van der Waals surface area (Å²) in [6, 6.07) is 19.7. The van der Waals surface area contributed by atoms with Gasteiger partial charge in [-0.1, -0.05) is 24.3 Å². The average Bonchev–Trinajstić information content (AvgIpc) is 2.91. The second-order valence-corrected chi connectivity index (χ2v) is 8.74. The molecule has 4 rings (SSSR count). The van der Waals surface area contributed by atoms with Gasteiger partial charge in [0.1, 0.15) is 5.75 Å². The smallest absolute Gasteiger partial charge is 0.243 e. The molecular weight excluding hydrogens is 442 g/mol. The highest BCUT2D eigenvalue weighted by atomic mass is 16.5. The summed E-state index contributed by atoms with van der Waals surface area (Å²) in [5.41, 5.74) is 2.75. The van der Waals surface area contributed by atoms with Crippen molar-refractivity contribution < 1.29 is 19.1 Å². The molecule has 1 fully saturated rings. The van der Waals surface area contributed by atoms with Gasteiger partial charge in [0.2, 0.25) is 11.8 Å². The molecule has 1 atom stereocenters. The minimum Gasteiger partial charge on any atom is -0.497 e. The molecule has 2 amide bonds. The van der Waals surface area contributed by atoms with Gasteiger partial charge < -0.3 is 24.6 Å². The van der Waals surface area contributed by atoms with Crippen LogP contribution >= 0.6 is 0 Å². The van der Waals surface area contributed by atoms with E-state index in [1.807, 2.05) is 74.5 Å². The number of hydrogen-bond donors (Lipinski definition) is 1. The number of morpholine rings is 1. The third-order valence-electron chi connectivity index (χ3n) is 6.50. The Labute approximate surface area is 206 Å². The fraction of sp³-hybridized carbons (Fsp3) is 0.357. The number of rotatable bonds is 8. The molecule has 1 N–H and O–H groups in total. The first kappa shape index (κ1) is 24.5. The van der Waals surface area contributed by atoms with Crippen LogP contribution in [0.25, 0.3) is 10.8 Å². The van der Waals surface area contributed by atoms with Crippen LogP contribution in [0.4, 0.5) is 11.4 Å².